The average Bonchev–Trinajstić information content (AvgIpc) is 2.66. The van der Waals surface area contributed by atoms with Gasteiger partial charge in [0.25, 0.3) is 0 Å². The Morgan fingerprint density at radius 3 is 2.96 bits per heavy atom. The Morgan fingerprint density at radius 1 is 1.40 bits per heavy atom. The van der Waals surface area contributed by atoms with Gasteiger partial charge in [0.2, 0.25) is 0 Å². The van der Waals surface area contributed by atoms with E-state index < -0.39 is 0 Å². The lowest BCUT2D eigenvalue weighted by molar-refractivity contribution is -0.0183. The fourth-order valence-electron chi connectivity index (χ4n) is 3.23. The number of carbonyl (C=O) groups excluding carboxylic acids is 1. The van der Waals surface area contributed by atoms with Crippen molar-refractivity contribution in [3.05, 3.63) is 30.1 Å². The zero-order valence-corrected chi connectivity index (χ0v) is 14.9. The van der Waals surface area contributed by atoms with Crippen molar-refractivity contribution in [2.45, 2.75) is 31.7 Å². The summed E-state index contributed by atoms with van der Waals surface area (Å²) in [6.45, 7) is 5.17. The molecule has 0 saturated carbocycles. The number of aromatic nitrogens is 1. The molecule has 2 aliphatic heterocycles. The van der Waals surface area contributed by atoms with E-state index in [0.717, 1.165) is 51.2 Å². The van der Waals surface area contributed by atoms with Crippen molar-refractivity contribution < 1.29 is 14.3 Å². The van der Waals surface area contributed by atoms with Crippen LogP contribution in [0.5, 0.6) is 0 Å². The van der Waals surface area contributed by atoms with Crippen LogP contribution in [0, 0.1) is 0 Å². The molecule has 0 unspecified atom stereocenters. The fourth-order valence-corrected chi connectivity index (χ4v) is 3.23. The molecule has 0 bridgehead atoms. The van der Waals surface area contributed by atoms with Crippen molar-refractivity contribution in [2.75, 3.05) is 46.4 Å². The van der Waals surface area contributed by atoms with Crippen molar-refractivity contribution in [3.63, 3.8) is 0 Å². The van der Waals surface area contributed by atoms with Crippen LogP contribution in [0.4, 0.5) is 4.79 Å². The number of hydrogen-bond acceptors (Lipinski definition) is 5. The summed E-state index contributed by atoms with van der Waals surface area (Å²) >= 11 is 0. The first-order chi connectivity index (χ1) is 12.2. The minimum atomic E-state index is 0.00235. The van der Waals surface area contributed by atoms with Gasteiger partial charge in [-0.2, -0.15) is 0 Å². The van der Waals surface area contributed by atoms with E-state index in [1.165, 1.54) is 0 Å². The van der Waals surface area contributed by atoms with E-state index in [1.54, 1.807) is 6.20 Å². The van der Waals surface area contributed by atoms with Crippen LogP contribution in [0.3, 0.4) is 0 Å². The molecule has 0 radical (unpaired) electrons. The second-order valence-electron chi connectivity index (χ2n) is 6.80. The summed E-state index contributed by atoms with van der Waals surface area (Å²) in [4.78, 5) is 20.5. The van der Waals surface area contributed by atoms with Gasteiger partial charge in [-0.25, -0.2) is 4.79 Å². The Kier molecular flexibility index (Phi) is 6.61. The van der Waals surface area contributed by atoms with Gasteiger partial charge in [-0.05, 0) is 31.5 Å². The summed E-state index contributed by atoms with van der Waals surface area (Å²) in [7, 11) is 2.08. The molecule has 1 N–H and O–H groups in total. The first-order valence-corrected chi connectivity index (χ1v) is 9.04. The standard InChI is InChI=1S/C18H28N4O3/c1-21-9-10-24-17(13-21)12-20-18(23)22-7-4-16(5-8-22)25-14-15-3-2-6-19-11-15/h2-3,6,11,16-17H,4-5,7-10,12-14H2,1H3,(H,20,23)/t17-/m1/s1. The van der Waals surface area contributed by atoms with E-state index in [0.29, 0.717) is 13.2 Å². The lowest BCUT2D eigenvalue weighted by Crippen LogP contribution is -2.50. The molecule has 2 saturated heterocycles. The van der Waals surface area contributed by atoms with Crippen molar-refractivity contribution in [1.29, 1.82) is 0 Å². The highest BCUT2D eigenvalue weighted by Crippen LogP contribution is 2.15. The number of rotatable bonds is 5. The first-order valence-electron chi connectivity index (χ1n) is 9.04. The number of nitrogens with one attached hydrogen (secondary N) is 1. The number of morpholine rings is 1. The van der Waals surface area contributed by atoms with Gasteiger partial charge >= 0.3 is 6.03 Å². The number of ether oxygens (including phenoxy) is 2. The number of piperidine rings is 1. The predicted molar refractivity (Wildman–Crippen MR) is 94.3 cm³/mol. The number of pyridine rings is 1. The smallest absolute Gasteiger partial charge is 0.317 e. The number of carbonyl (C=O) groups is 1. The summed E-state index contributed by atoms with van der Waals surface area (Å²) < 4.78 is 11.6. The molecule has 138 valence electrons. The van der Waals surface area contributed by atoms with Gasteiger partial charge in [0.05, 0.1) is 25.4 Å². The van der Waals surface area contributed by atoms with Crippen molar-refractivity contribution in [2.24, 2.45) is 0 Å². The van der Waals surface area contributed by atoms with E-state index >= 15 is 0 Å². The van der Waals surface area contributed by atoms with E-state index in [4.69, 9.17) is 9.47 Å². The largest absolute Gasteiger partial charge is 0.374 e. The molecule has 1 atom stereocenters. The highest BCUT2D eigenvalue weighted by molar-refractivity contribution is 5.74. The lowest BCUT2D eigenvalue weighted by Gasteiger charge is -2.33. The second kappa shape index (κ2) is 9.12. The van der Waals surface area contributed by atoms with E-state index in [2.05, 4.69) is 22.2 Å². The molecule has 25 heavy (non-hydrogen) atoms. The topological polar surface area (TPSA) is 66.9 Å². The maximum atomic E-state index is 12.3. The SMILES string of the molecule is CN1CCO[C@H](CNC(=O)N2CCC(OCc3cccnc3)CC2)C1. The molecule has 2 fully saturated rings. The highest BCUT2D eigenvalue weighted by atomic mass is 16.5. The number of nitrogens with zero attached hydrogens (tertiary/aromatic N) is 3. The van der Waals surface area contributed by atoms with E-state index in [9.17, 15) is 4.79 Å². The average molecular weight is 348 g/mol. The van der Waals surface area contributed by atoms with Crippen LogP contribution >= 0.6 is 0 Å². The van der Waals surface area contributed by atoms with Gasteiger partial charge in [-0.1, -0.05) is 6.07 Å². The fraction of sp³-hybridized carbons (Fsp3) is 0.667. The number of hydrogen-bond donors (Lipinski definition) is 1. The molecular formula is C18H28N4O3. The van der Waals surface area contributed by atoms with E-state index in [1.807, 2.05) is 23.2 Å². The lowest BCUT2D eigenvalue weighted by atomic mass is 10.1. The zero-order chi connectivity index (χ0) is 17.5. The molecule has 2 amide bonds. The Morgan fingerprint density at radius 2 is 2.24 bits per heavy atom. The maximum Gasteiger partial charge on any atom is 0.317 e. The summed E-state index contributed by atoms with van der Waals surface area (Å²) in [6, 6.07) is 3.93. The van der Waals surface area contributed by atoms with Gasteiger partial charge in [0.1, 0.15) is 0 Å². The molecule has 1 aromatic heterocycles. The Balaban J connectivity index is 1.33. The van der Waals surface area contributed by atoms with Gasteiger partial charge in [-0.3, -0.25) is 4.98 Å². The van der Waals surface area contributed by atoms with Gasteiger partial charge in [-0.15, -0.1) is 0 Å². The summed E-state index contributed by atoms with van der Waals surface area (Å²) in [5.41, 5.74) is 1.08. The molecule has 3 heterocycles. The predicted octanol–water partition coefficient (Wildman–Crippen LogP) is 1.10. The highest BCUT2D eigenvalue weighted by Gasteiger charge is 2.24. The van der Waals surface area contributed by atoms with Crippen LogP contribution in [0.15, 0.2) is 24.5 Å². The quantitative estimate of drug-likeness (QED) is 0.863. The number of likely N-dealkylation sites (tertiary alicyclic amines) is 1. The minimum absolute atomic E-state index is 0.00235. The van der Waals surface area contributed by atoms with E-state index in [-0.39, 0.29) is 18.2 Å². The number of amides is 2. The van der Waals surface area contributed by atoms with Crippen molar-refractivity contribution in [3.8, 4) is 0 Å². The van der Waals surface area contributed by atoms with Crippen LogP contribution in [-0.2, 0) is 16.1 Å². The minimum Gasteiger partial charge on any atom is -0.374 e. The van der Waals surface area contributed by atoms with Gasteiger partial charge in [0.15, 0.2) is 0 Å². The van der Waals surface area contributed by atoms with Crippen molar-refractivity contribution in [1.82, 2.24) is 20.1 Å². The third-order valence-electron chi connectivity index (χ3n) is 4.76. The van der Waals surface area contributed by atoms with Crippen molar-refractivity contribution >= 4 is 6.03 Å². The van der Waals surface area contributed by atoms with Crippen LogP contribution in [0.25, 0.3) is 0 Å². The second-order valence-corrected chi connectivity index (χ2v) is 6.80. The van der Waals surface area contributed by atoms with Crippen LogP contribution in [0.2, 0.25) is 0 Å². The molecule has 7 heteroatoms. The van der Waals surface area contributed by atoms with Gasteiger partial charge in [0, 0.05) is 45.1 Å². The number of urea groups is 1. The monoisotopic (exact) mass is 348 g/mol. The summed E-state index contributed by atoms with van der Waals surface area (Å²) in [6.07, 6.45) is 5.62. The third kappa shape index (κ3) is 5.66. The molecule has 0 aromatic carbocycles. The molecule has 7 nitrogen and oxygen atoms in total. The summed E-state index contributed by atoms with van der Waals surface area (Å²) in [5, 5.41) is 3.00. The maximum absolute atomic E-state index is 12.3. The van der Waals surface area contributed by atoms with Crippen LogP contribution in [0.1, 0.15) is 18.4 Å². The first kappa shape index (κ1) is 18.1. The molecule has 0 aliphatic carbocycles. The molecule has 3 rings (SSSR count). The molecule has 2 aliphatic rings. The third-order valence-corrected chi connectivity index (χ3v) is 4.76. The Bertz CT molecular complexity index is 534. The molecular weight excluding hydrogens is 320 g/mol. The molecule has 0 spiro atoms. The molecule has 1 aromatic rings. The van der Waals surface area contributed by atoms with Crippen LogP contribution in [-0.4, -0.2) is 79.4 Å². The summed E-state index contributed by atoms with van der Waals surface area (Å²) in [5.74, 6) is 0. The van der Waals surface area contributed by atoms with Crippen LogP contribution < -0.4 is 5.32 Å². The van der Waals surface area contributed by atoms with Gasteiger partial charge < -0.3 is 24.6 Å². The number of likely N-dealkylation sites (N-methyl/N-ethyl adjacent to an activating group) is 1. The zero-order valence-electron chi connectivity index (χ0n) is 14.9. The Labute approximate surface area is 149 Å². The Hall–Kier alpha value is -1.70. The normalized spacial score (nSPS) is 22.8.